The minimum atomic E-state index is -4.98. The molecule has 0 radical (unpaired) electrons. The van der Waals surface area contributed by atoms with Gasteiger partial charge in [-0.2, -0.15) is 5.26 Å². The van der Waals surface area contributed by atoms with Gasteiger partial charge in [0.15, 0.2) is 5.75 Å². The Morgan fingerprint density at radius 3 is 2.55 bits per heavy atom. The summed E-state index contributed by atoms with van der Waals surface area (Å²) in [5, 5.41) is 8.85. The maximum Gasteiger partial charge on any atom is 0.573 e. The van der Waals surface area contributed by atoms with E-state index in [0.29, 0.717) is 0 Å². The molecule has 0 bridgehead atoms. The number of carbonyl (C=O) groups excluding carboxylic acids is 1. The monoisotopic (exact) mass is 307 g/mol. The van der Waals surface area contributed by atoms with Crippen molar-refractivity contribution in [3.8, 4) is 11.8 Å². The lowest BCUT2D eigenvalue weighted by atomic mass is 10.0. The predicted molar refractivity (Wildman–Crippen MR) is 63.1 cm³/mol. The van der Waals surface area contributed by atoms with Crippen LogP contribution < -0.4 is 4.74 Å². The first-order chi connectivity index (χ1) is 9.32. The van der Waals surface area contributed by atoms with Crippen LogP contribution >= 0.6 is 11.6 Å². The molecule has 20 heavy (non-hydrogen) atoms. The van der Waals surface area contributed by atoms with Gasteiger partial charge in [-0.1, -0.05) is 6.07 Å². The normalized spacial score (nSPS) is 10.8. The number of ether oxygens (including phenoxy) is 2. The van der Waals surface area contributed by atoms with E-state index in [1.54, 1.807) is 6.07 Å². The van der Waals surface area contributed by atoms with Gasteiger partial charge in [0, 0.05) is 11.4 Å². The number of nitrogens with zero attached hydrogens (tertiary/aromatic N) is 1. The number of hydrogen-bond donors (Lipinski definition) is 0. The minimum Gasteiger partial charge on any atom is -0.469 e. The zero-order valence-electron chi connectivity index (χ0n) is 10.3. The molecule has 0 aliphatic rings. The molecule has 0 aliphatic carbocycles. The molecule has 0 aromatic heterocycles. The van der Waals surface area contributed by atoms with Crippen LogP contribution in [0.4, 0.5) is 13.2 Å². The highest BCUT2D eigenvalue weighted by molar-refractivity contribution is 6.17. The van der Waals surface area contributed by atoms with Gasteiger partial charge in [-0.15, -0.1) is 24.8 Å². The molecule has 0 spiro atoms. The molecule has 8 heteroatoms. The third-order valence-electron chi connectivity index (χ3n) is 2.39. The average Bonchev–Trinajstić information content (AvgIpc) is 2.38. The van der Waals surface area contributed by atoms with Crippen molar-refractivity contribution >= 4 is 17.6 Å². The van der Waals surface area contributed by atoms with Crippen LogP contribution in [0.3, 0.4) is 0 Å². The highest BCUT2D eigenvalue weighted by Gasteiger charge is 2.34. The second-order valence-electron chi connectivity index (χ2n) is 3.63. The number of alkyl halides is 4. The topological polar surface area (TPSA) is 59.3 Å². The zero-order chi connectivity index (χ0) is 15.3. The number of halogens is 4. The third kappa shape index (κ3) is 4.03. The molecule has 0 saturated carbocycles. The lowest BCUT2D eigenvalue weighted by Gasteiger charge is -2.16. The van der Waals surface area contributed by atoms with Crippen LogP contribution in [-0.4, -0.2) is 19.4 Å². The Morgan fingerprint density at radius 1 is 1.45 bits per heavy atom. The van der Waals surface area contributed by atoms with Crippen molar-refractivity contribution in [3.63, 3.8) is 0 Å². The molecule has 0 aliphatic heterocycles. The Bertz CT molecular complexity index is 552. The van der Waals surface area contributed by atoms with E-state index >= 15 is 0 Å². The summed E-state index contributed by atoms with van der Waals surface area (Å²) in [5.74, 6) is -1.62. The van der Waals surface area contributed by atoms with E-state index in [-0.39, 0.29) is 22.6 Å². The highest BCUT2D eigenvalue weighted by atomic mass is 35.5. The van der Waals surface area contributed by atoms with Crippen molar-refractivity contribution in [2.75, 3.05) is 7.11 Å². The second-order valence-corrected chi connectivity index (χ2v) is 3.89. The minimum absolute atomic E-state index is 0.108. The largest absolute Gasteiger partial charge is 0.573 e. The summed E-state index contributed by atoms with van der Waals surface area (Å²) in [7, 11) is 1.10. The molecule has 108 valence electrons. The first kappa shape index (κ1) is 16.1. The number of nitriles is 1. The maximum absolute atomic E-state index is 12.4. The molecule has 4 nitrogen and oxygen atoms in total. The Labute approximate surface area is 117 Å². The number of rotatable bonds is 4. The summed E-state index contributed by atoms with van der Waals surface area (Å²) in [6.07, 6.45) is -5.46. The predicted octanol–water partition coefficient (Wildman–Crippen LogP) is 2.91. The first-order valence-corrected chi connectivity index (χ1v) is 5.79. The van der Waals surface area contributed by atoms with Crippen LogP contribution in [0, 0.1) is 11.3 Å². The molecule has 0 atom stereocenters. The van der Waals surface area contributed by atoms with Crippen molar-refractivity contribution in [1.82, 2.24) is 0 Å². The Hall–Kier alpha value is -1.94. The molecule has 1 rings (SSSR count). The lowest BCUT2D eigenvalue weighted by molar-refractivity contribution is -0.275. The van der Waals surface area contributed by atoms with Crippen LogP contribution in [0.25, 0.3) is 0 Å². The molecular weight excluding hydrogens is 299 g/mol. The van der Waals surface area contributed by atoms with Gasteiger partial charge < -0.3 is 9.47 Å². The molecule has 0 unspecified atom stereocenters. The Balaban J connectivity index is 3.40. The fraction of sp³-hybridized carbons (Fsp3) is 0.333. The standard InChI is InChI=1S/C12H9ClF3NO3/c1-19-10(18)4-9-7(5-13)2-3-8(6-17)11(9)20-12(14,15)16/h2-3H,4-5H2,1H3. The molecule has 0 N–H and O–H groups in total. The van der Waals surface area contributed by atoms with Gasteiger partial charge in [0.1, 0.15) is 6.07 Å². The van der Waals surface area contributed by atoms with Gasteiger partial charge in [0.2, 0.25) is 0 Å². The number of esters is 1. The number of benzene rings is 1. The van der Waals surface area contributed by atoms with E-state index in [4.69, 9.17) is 16.9 Å². The summed E-state index contributed by atoms with van der Waals surface area (Å²) in [6.45, 7) is 0. The molecule has 1 aromatic rings. The van der Waals surface area contributed by atoms with Gasteiger partial charge in [-0.05, 0) is 11.6 Å². The number of hydrogen-bond acceptors (Lipinski definition) is 4. The second kappa shape index (κ2) is 6.48. The summed E-state index contributed by atoms with van der Waals surface area (Å²) in [5.41, 5.74) is -0.186. The number of methoxy groups -OCH3 is 1. The van der Waals surface area contributed by atoms with Crippen molar-refractivity contribution in [3.05, 3.63) is 28.8 Å². The molecular formula is C12H9ClF3NO3. The number of carbonyl (C=O) groups is 1. The van der Waals surface area contributed by atoms with Crippen LogP contribution in [0.2, 0.25) is 0 Å². The summed E-state index contributed by atoms with van der Waals surface area (Å²) < 4.78 is 45.5. The first-order valence-electron chi connectivity index (χ1n) is 5.25. The third-order valence-corrected chi connectivity index (χ3v) is 2.68. The van der Waals surface area contributed by atoms with Crippen molar-refractivity contribution in [2.45, 2.75) is 18.7 Å². The van der Waals surface area contributed by atoms with Gasteiger partial charge in [-0.3, -0.25) is 4.79 Å². The lowest BCUT2D eigenvalue weighted by Crippen LogP contribution is -2.20. The fourth-order valence-corrected chi connectivity index (χ4v) is 1.77. The summed E-state index contributed by atoms with van der Waals surface area (Å²) >= 11 is 5.63. The molecule has 0 fully saturated rings. The summed E-state index contributed by atoms with van der Waals surface area (Å²) in [6, 6.07) is 4.10. The maximum atomic E-state index is 12.4. The fourth-order valence-electron chi connectivity index (χ4n) is 1.52. The van der Waals surface area contributed by atoms with Crippen LogP contribution in [0.1, 0.15) is 16.7 Å². The summed E-state index contributed by atoms with van der Waals surface area (Å²) in [4.78, 5) is 11.3. The molecule has 0 amide bonds. The van der Waals surface area contributed by atoms with E-state index in [9.17, 15) is 18.0 Å². The molecule has 0 saturated heterocycles. The quantitative estimate of drug-likeness (QED) is 0.634. The van der Waals surface area contributed by atoms with E-state index in [2.05, 4.69) is 9.47 Å². The van der Waals surface area contributed by atoms with Gasteiger partial charge in [-0.25, -0.2) is 0 Å². The highest BCUT2D eigenvalue weighted by Crippen LogP contribution is 2.33. The Kier molecular flexibility index (Phi) is 5.22. The van der Waals surface area contributed by atoms with Gasteiger partial charge in [0.25, 0.3) is 0 Å². The van der Waals surface area contributed by atoms with E-state index in [1.807, 2.05) is 0 Å². The van der Waals surface area contributed by atoms with Crippen molar-refractivity contribution < 1.29 is 27.4 Å². The Morgan fingerprint density at radius 2 is 2.10 bits per heavy atom. The average molecular weight is 308 g/mol. The van der Waals surface area contributed by atoms with Gasteiger partial charge in [0.05, 0.1) is 19.1 Å². The smallest absolute Gasteiger partial charge is 0.469 e. The van der Waals surface area contributed by atoms with E-state index in [1.165, 1.54) is 6.07 Å². The van der Waals surface area contributed by atoms with Crippen LogP contribution in [-0.2, 0) is 21.8 Å². The van der Waals surface area contributed by atoms with Crippen molar-refractivity contribution in [2.24, 2.45) is 0 Å². The SMILES string of the molecule is COC(=O)Cc1c(CCl)ccc(C#N)c1OC(F)(F)F. The van der Waals surface area contributed by atoms with Gasteiger partial charge >= 0.3 is 12.3 Å². The van der Waals surface area contributed by atoms with Crippen LogP contribution in [0.5, 0.6) is 5.75 Å². The van der Waals surface area contributed by atoms with E-state index in [0.717, 1.165) is 13.2 Å². The van der Waals surface area contributed by atoms with Crippen LogP contribution in [0.15, 0.2) is 12.1 Å². The molecule has 0 heterocycles. The zero-order valence-corrected chi connectivity index (χ0v) is 11.0. The molecule has 1 aromatic carbocycles. The van der Waals surface area contributed by atoms with Crippen molar-refractivity contribution in [1.29, 1.82) is 5.26 Å². The van der Waals surface area contributed by atoms with E-state index < -0.39 is 24.5 Å².